The Morgan fingerprint density at radius 2 is 2.24 bits per heavy atom. The van der Waals surface area contributed by atoms with Crippen LogP contribution in [0.15, 0.2) is 23.4 Å². The summed E-state index contributed by atoms with van der Waals surface area (Å²) in [6.45, 7) is 1.77. The molecule has 0 saturated carbocycles. The Kier molecular flexibility index (Phi) is 5.48. The number of aromatic nitrogens is 1. The first-order valence-corrected chi connectivity index (χ1v) is 7.75. The molecule has 0 aliphatic heterocycles. The van der Waals surface area contributed by atoms with Gasteiger partial charge < -0.3 is 0 Å². The smallest absolute Gasteiger partial charge is 0.242 e. The Morgan fingerprint density at radius 3 is 2.82 bits per heavy atom. The third-order valence-electron chi connectivity index (χ3n) is 2.12. The van der Waals surface area contributed by atoms with E-state index in [1.807, 2.05) is 0 Å². The first kappa shape index (κ1) is 14.5. The molecule has 0 fully saturated rings. The molecule has 0 aliphatic carbocycles. The van der Waals surface area contributed by atoms with Gasteiger partial charge in [-0.15, -0.1) is 0 Å². The van der Waals surface area contributed by atoms with Crippen molar-refractivity contribution < 1.29 is 12.8 Å². The Hall–Kier alpha value is -0.530. The highest BCUT2D eigenvalue weighted by atomic mass is 79.9. The van der Waals surface area contributed by atoms with E-state index in [1.165, 1.54) is 0 Å². The number of alkyl halides is 1. The van der Waals surface area contributed by atoms with Crippen LogP contribution < -0.4 is 4.72 Å². The van der Waals surface area contributed by atoms with Crippen molar-refractivity contribution in [2.45, 2.75) is 30.7 Å². The summed E-state index contributed by atoms with van der Waals surface area (Å²) in [4.78, 5) is 3.37. The lowest BCUT2D eigenvalue weighted by Crippen LogP contribution is -2.32. The van der Waals surface area contributed by atoms with E-state index in [2.05, 4.69) is 25.6 Å². The van der Waals surface area contributed by atoms with Crippen molar-refractivity contribution >= 4 is 26.0 Å². The Balaban J connectivity index is 2.75. The molecule has 0 radical (unpaired) electrons. The molecular formula is C10H14BrFN2O2S. The van der Waals surface area contributed by atoms with Crippen LogP contribution in [-0.4, -0.2) is 24.8 Å². The molecule has 7 heteroatoms. The van der Waals surface area contributed by atoms with Crippen molar-refractivity contribution in [1.29, 1.82) is 0 Å². The highest BCUT2D eigenvalue weighted by Gasteiger charge is 2.17. The van der Waals surface area contributed by atoms with Gasteiger partial charge in [0.05, 0.1) is 6.20 Å². The van der Waals surface area contributed by atoms with E-state index in [9.17, 15) is 12.8 Å². The fourth-order valence-electron chi connectivity index (χ4n) is 1.31. The first-order chi connectivity index (χ1) is 7.95. The second-order valence-electron chi connectivity index (χ2n) is 3.69. The van der Waals surface area contributed by atoms with Crippen LogP contribution in [0.1, 0.15) is 19.8 Å². The number of nitrogens with one attached hydrogen (secondary N) is 1. The Bertz CT molecular complexity index is 467. The summed E-state index contributed by atoms with van der Waals surface area (Å²) in [7, 11) is -3.68. The van der Waals surface area contributed by atoms with E-state index in [-0.39, 0.29) is 10.9 Å². The quantitative estimate of drug-likeness (QED) is 0.815. The topological polar surface area (TPSA) is 59.1 Å². The summed E-state index contributed by atoms with van der Waals surface area (Å²) >= 11 is 3.28. The van der Waals surface area contributed by atoms with Crippen molar-refractivity contribution in [3.63, 3.8) is 0 Å². The number of halogens is 2. The van der Waals surface area contributed by atoms with E-state index in [0.717, 1.165) is 30.2 Å². The van der Waals surface area contributed by atoms with Crippen molar-refractivity contribution in [2.24, 2.45) is 0 Å². The van der Waals surface area contributed by atoms with Crippen LogP contribution in [0.25, 0.3) is 0 Å². The predicted molar refractivity (Wildman–Crippen MR) is 67.0 cm³/mol. The summed E-state index contributed by atoms with van der Waals surface area (Å²) in [6, 6.07) is 0.757. The second kappa shape index (κ2) is 6.42. The lowest BCUT2D eigenvalue weighted by molar-refractivity contribution is 0.542. The second-order valence-corrected chi connectivity index (χ2v) is 6.20. The van der Waals surface area contributed by atoms with Crippen LogP contribution in [0, 0.1) is 5.82 Å². The van der Waals surface area contributed by atoms with Gasteiger partial charge in [-0.2, -0.15) is 0 Å². The van der Waals surface area contributed by atoms with Gasteiger partial charge in [-0.1, -0.05) is 15.9 Å². The standard InChI is InChI=1S/C10H14BrFN2O2S/c1-8(3-2-4-11)14-17(15,16)10-5-9(12)6-13-7-10/h5-8,14H,2-4H2,1H3. The molecule has 0 bridgehead atoms. The molecule has 1 heterocycles. The van der Waals surface area contributed by atoms with Crippen molar-refractivity contribution in [3.8, 4) is 0 Å². The molecule has 1 N–H and O–H groups in total. The minimum absolute atomic E-state index is 0.150. The molecule has 1 aromatic rings. The molecule has 1 rings (SSSR count). The van der Waals surface area contributed by atoms with Crippen LogP contribution in [0.4, 0.5) is 4.39 Å². The average Bonchev–Trinajstić information content (AvgIpc) is 2.26. The molecule has 96 valence electrons. The third kappa shape index (κ3) is 4.69. The van der Waals surface area contributed by atoms with Gasteiger partial charge in [0, 0.05) is 17.6 Å². The Labute approximate surface area is 109 Å². The fraction of sp³-hybridized carbons (Fsp3) is 0.500. The minimum atomic E-state index is -3.68. The molecule has 1 atom stereocenters. The summed E-state index contributed by atoms with van der Waals surface area (Å²) in [5.74, 6) is -0.666. The number of sulfonamides is 1. The van der Waals surface area contributed by atoms with Gasteiger partial charge in [0.15, 0.2) is 0 Å². The SMILES string of the molecule is CC(CCCBr)NS(=O)(=O)c1cncc(F)c1. The fourth-order valence-corrected chi connectivity index (χ4v) is 2.89. The highest BCUT2D eigenvalue weighted by molar-refractivity contribution is 9.09. The maximum Gasteiger partial charge on any atom is 0.242 e. The lowest BCUT2D eigenvalue weighted by Gasteiger charge is -2.13. The van der Waals surface area contributed by atoms with Crippen molar-refractivity contribution in [1.82, 2.24) is 9.71 Å². The molecule has 0 amide bonds. The zero-order valence-corrected chi connectivity index (χ0v) is 11.8. The monoisotopic (exact) mass is 324 g/mol. The molecule has 0 aromatic carbocycles. The number of hydrogen-bond donors (Lipinski definition) is 1. The molecule has 1 aromatic heterocycles. The van der Waals surface area contributed by atoms with Gasteiger partial charge in [0.2, 0.25) is 10.0 Å². The number of rotatable bonds is 6. The van der Waals surface area contributed by atoms with Gasteiger partial charge in [0.1, 0.15) is 10.7 Å². The van der Waals surface area contributed by atoms with Crippen molar-refractivity contribution in [3.05, 3.63) is 24.3 Å². The van der Waals surface area contributed by atoms with E-state index in [4.69, 9.17) is 0 Å². The third-order valence-corrected chi connectivity index (χ3v) is 4.23. The average molecular weight is 325 g/mol. The predicted octanol–water partition coefficient (Wildman–Crippen LogP) is 2.06. The molecule has 1 unspecified atom stereocenters. The van der Waals surface area contributed by atoms with Gasteiger partial charge >= 0.3 is 0 Å². The maximum absolute atomic E-state index is 12.9. The van der Waals surface area contributed by atoms with E-state index >= 15 is 0 Å². The maximum atomic E-state index is 12.9. The summed E-state index contributed by atoms with van der Waals surface area (Å²) in [6.07, 6.45) is 3.67. The lowest BCUT2D eigenvalue weighted by atomic mass is 10.2. The molecular weight excluding hydrogens is 311 g/mol. The van der Waals surface area contributed by atoms with E-state index < -0.39 is 15.8 Å². The van der Waals surface area contributed by atoms with Gasteiger partial charge in [0.25, 0.3) is 0 Å². The normalized spacial score (nSPS) is 13.6. The molecule has 4 nitrogen and oxygen atoms in total. The zero-order chi connectivity index (χ0) is 12.9. The number of hydrogen-bond acceptors (Lipinski definition) is 3. The summed E-state index contributed by atoms with van der Waals surface area (Å²) in [5, 5.41) is 0.820. The first-order valence-electron chi connectivity index (χ1n) is 5.14. The van der Waals surface area contributed by atoms with Crippen LogP contribution in [-0.2, 0) is 10.0 Å². The Morgan fingerprint density at radius 1 is 1.53 bits per heavy atom. The van der Waals surface area contributed by atoms with E-state index in [1.54, 1.807) is 6.92 Å². The van der Waals surface area contributed by atoms with Crippen molar-refractivity contribution in [2.75, 3.05) is 5.33 Å². The van der Waals surface area contributed by atoms with Crippen LogP contribution in [0.2, 0.25) is 0 Å². The highest BCUT2D eigenvalue weighted by Crippen LogP contribution is 2.10. The van der Waals surface area contributed by atoms with Gasteiger partial charge in [-0.3, -0.25) is 4.98 Å². The minimum Gasteiger partial charge on any atom is -0.260 e. The molecule has 0 saturated heterocycles. The molecule has 17 heavy (non-hydrogen) atoms. The number of pyridine rings is 1. The van der Waals surface area contributed by atoms with Crippen LogP contribution >= 0.6 is 15.9 Å². The zero-order valence-electron chi connectivity index (χ0n) is 9.36. The molecule has 0 spiro atoms. The largest absolute Gasteiger partial charge is 0.260 e. The van der Waals surface area contributed by atoms with Crippen LogP contribution in [0.3, 0.4) is 0 Å². The molecule has 0 aliphatic rings. The van der Waals surface area contributed by atoms with E-state index in [0.29, 0.717) is 6.42 Å². The van der Waals surface area contributed by atoms with Gasteiger partial charge in [-0.25, -0.2) is 17.5 Å². The number of nitrogens with zero attached hydrogens (tertiary/aromatic N) is 1. The summed E-state index contributed by atoms with van der Waals surface area (Å²) < 4.78 is 39.0. The van der Waals surface area contributed by atoms with Crippen LogP contribution in [0.5, 0.6) is 0 Å². The van der Waals surface area contributed by atoms with Gasteiger partial charge in [-0.05, 0) is 25.8 Å². The summed E-state index contributed by atoms with van der Waals surface area (Å²) in [5.41, 5.74) is 0.